The number of halogens is 1. The molecule has 0 radical (unpaired) electrons. The molecule has 2 rings (SSSR count). The molecule has 0 saturated heterocycles. The number of thioether (sulfide) groups is 1. The molecule has 2 aromatic rings. The molecule has 0 fully saturated rings. The van der Waals surface area contributed by atoms with Gasteiger partial charge in [0.1, 0.15) is 0 Å². The van der Waals surface area contributed by atoms with Crippen LogP contribution in [-0.2, 0) is 10.5 Å². The summed E-state index contributed by atoms with van der Waals surface area (Å²) in [5.74, 6) is 2.27. The van der Waals surface area contributed by atoms with E-state index < -0.39 is 0 Å². The van der Waals surface area contributed by atoms with Gasteiger partial charge < -0.3 is 14.8 Å². The summed E-state index contributed by atoms with van der Waals surface area (Å²) in [6, 6.07) is 11.3. The number of carbonyl (C=O) groups is 1. The molecule has 0 spiro atoms. The van der Waals surface area contributed by atoms with Crippen LogP contribution in [0.25, 0.3) is 0 Å². The van der Waals surface area contributed by atoms with E-state index in [1.54, 1.807) is 20.3 Å². The van der Waals surface area contributed by atoms with Crippen LogP contribution in [0.4, 0.5) is 5.69 Å². The zero-order valence-corrected chi connectivity index (χ0v) is 15.5. The van der Waals surface area contributed by atoms with Crippen LogP contribution in [0.3, 0.4) is 0 Å². The van der Waals surface area contributed by atoms with Crippen molar-refractivity contribution in [1.29, 1.82) is 0 Å². The Kier molecular flexibility index (Phi) is 6.82. The first kappa shape index (κ1) is 18.5. The van der Waals surface area contributed by atoms with E-state index in [1.807, 2.05) is 37.3 Å². The predicted octanol–water partition coefficient (Wildman–Crippen LogP) is 4.54. The molecule has 2 aromatic carbocycles. The van der Waals surface area contributed by atoms with Crippen LogP contribution in [0.5, 0.6) is 11.5 Å². The van der Waals surface area contributed by atoms with E-state index in [1.165, 1.54) is 11.8 Å². The number of hydrogen-bond donors (Lipinski definition) is 1. The molecule has 0 bridgehead atoms. The van der Waals surface area contributed by atoms with Crippen LogP contribution in [-0.4, -0.2) is 25.9 Å². The molecule has 0 unspecified atom stereocenters. The fourth-order valence-corrected chi connectivity index (χ4v) is 3.18. The second-order valence-electron chi connectivity index (χ2n) is 5.19. The Morgan fingerprint density at radius 3 is 2.54 bits per heavy atom. The standard InChI is InChI=1S/C18H20ClNO3S/c1-12-7-16(22-2)17(23-3)9-15(12)20-18(21)11-24-10-13-5-4-6-14(19)8-13/h4-9H,10-11H2,1-3H3,(H,20,21). The Morgan fingerprint density at radius 2 is 1.88 bits per heavy atom. The number of carbonyl (C=O) groups excluding carboxylic acids is 1. The van der Waals surface area contributed by atoms with Gasteiger partial charge in [-0.1, -0.05) is 23.7 Å². The van der Waals surface area contributed by atoms with Crippen LogP contribution >= 0.6 is 23.4 Å². The lowest BCUT2D eigenvalue weighted by Crippen LogP contribution is -2.15. The highest BCUT2D eigenvalue weighted by Crippen LogP contribution is 2.33. The highest BCUT2D eigenvalue weighted by Gasteiger charge is 2.11. The molecule has 0 aliphatic carbocycles. The summed E-state index contributed by atoms with van der Waals surface area (Å²) in [7, 11) is 3.15. The second-order valence-corrected chi connectivity index (χ2v) is 6.62. The summed E-state index contributed by atoms with van der Waals surface area (Å²) >= 11 is 7.49. The van der Waals surface area contributed by atoms with Gasteiger partial charge in [0.2, 0.25) is 5.91 Å². The van der Waals surface area contributed by atoms with Crippen molar-refractivity contribution in [2.75, 3.05) is 25.3 Å². The third-order valence-electron chi connectivity index (χ3n) is 3.40. The van der Waals surface area contributed by atoms with Gasteiger partial charge in [0.15, 0.2) is 11.5 Å². The largest absolute Gasteiger partial charge is 0.493 e. The first-order valence-corrected chi connectivity index (χ1v) is 8.91. The van der Waals surface area contributed by atoms with Crippen LogP contribution in [0.2, 0.25) is 5.02 Å². The molecule has 0 saturated carbocycles. The number of anilines is 1. The van der Waals surface area contributed by atoms with Crippen molar-refractivity contribution >= 4 is 35.0 Å². The number of aryl methyl sites for hydroxylation is 1. The van der Waals surface area contributed by atoms with E-state index in [0.717, 1.165) is 22.6 Å². The molecule has 0 atom stereocenters. The minimum atomic E-state index is -0.0580. The summed E-state index contributed by atoms with van der Waals surface area (Å²) in [6.45, 7) is 1.91. The average molecular weight is 366 g/mol. The van der Waals surface area contributed by atoms with Gasteiger partial charge in [-0.2, -0.15) is 0 Å². The summed E-state index contributed by atoms with van der Waals surface area (Å²) < 4.78 is 10.5. The molecular weight excluding hydrogens is 346 g/mol. The Bertz CT molecular complexity index is 721. The van der Waals surface area contributed by atoms with Gasteiger partial charge >= 0.3 is 0 Å². The Morgan fingerprint density at radius 1 is 1.17 bits per heavy atom. The molecule has 128 valence electrons. The fraction of sp³-hybridized carbons (Fsp3) is 0.278. The summed E-state index contributed by atoms with van der Waals surface area (Å²) in [6.07, 6.45) is 0. The Balaban J connectivity index is 1.92. The highest BCUT2D eigenvalue weighted by molar-refractivity contribution is 7.99. The number of rotatable bonds is 7. The lowest BCUT2D eigenvalue weighted by atomic mass is 10.1. The monoisotopic (exact) mass is 365 g/mol. The first-order chi connectivity index (χ1) is 11.5. The minimum absolute atomic E-state index is 0.0580. The summed E-state index contributed by atoms with van der Waals surface area (Å²) in [5.41, 5.74) is 2.74. The number of ether oxygens (including phenoxy) is 2. The molecule has 0 aliphatic heterocycles. The van der Waals surface area contributed by atoms with Gasteiger partial charge in [-0.25, -0.2) is 0 Å². The Labute approximate surface area is 151 Å². The molecule has 1 N–H and O–H groups in total. The topological polar surface area (TPSA) is 47.6 Å². The third-order valence-corrected chi connectivity index (χ3v) is 4.63. The van der Waals surface area contributed by atoms with E-state index in [0.29, 0.717) is 22.3 Å². The molecule has 0 heterocycles. The molecule has 24 heavy (non-hydrogen) atoms. The van der Waals surface area contributed by atoms with Gasteiger partial charge in [-0.15, -0.1) is 11.8 Å². The Hall–Kier alpha value is -1.85. The van der Waals surface area contributed by atoms with Gasteiger partial charge in [0.05, 0.1) is 20.0 Å². The fourth-order valence-electron chi connectivity index (χ4n) is 2.19. The van der Waals surface area contributed by atoms with E-state index >= 15 is 0 Å². The molecule has 1 amide bonds. The van der Waals surface area contributed by atoms with Crippen LogP contribution in [0.15, 0.2) is 36.4 Å². The maximum absolute atomic E-state index is 12.1. The highest BCUT2D eigenvalue weighted by atomic mass is 35.5. The number of nitrogens with one attached hydrogen (secondary N) is 1. The lowest BCUT2D eigenvalue weighted by molar-refractivity contribution is -0.113. The van der Waals surface area contributed by atoms with Gasteiger partial charge in [-0.3, -0.25) is 4.79 Å². The van der Waals surface area contributed by atoms with Gasteiger partial charge in [-0.05, 0) is 36.2 Å². The number of amides is 1. The molecule has 0 aliphatic rings. The van der Waals surface area contributed by atoms with Crippen LogP contribution < -0.4 is 14.8 Å². The second kappa shape index (κ2) is 8.85. The molecule has 4 nitrogen and oxygen atoms in total. The van der Waals surface area contributed by atoms with Crippen molar-refractivity contribution in [3.05, 3.63) is 52.5 Å². The quantitative estimate of drug-likeness (QED) is 0.782. The van der Waals surface area contributed by atoms with E-state index in [-0.39, 0.29) is 5.91 Å². The van der Waals surface area contributed by atoms with E-state index in [9.17, 15) is 4.79 Å². The maximum atomic E-state index is 12.1. The third kappa shape index (κ3) is 5.08. The zero-order valence-electron chi connectivity index (χ0n) is 13.9. The molecule has 6 heteroatoms. The van der Waals surface area contributed by atoms with Crippen molar-refractivity contribution in [3.63, 3.8) is 0 Å². The van der Waals surface area contributed by atoms with Gasteiger partial charge in [0, 0.05) is 22.5 Å². The predicted molar refractivity (Wildman–Crippen MR) is 101 cm³/mol. The first-order valence-electron chi connectivity index (χ1n) is 7.38. The van der Waals surface area contributed by atoms with Crippen LogP contribution in [0, 0.1) is 6.92 Å². The van der Waals surface area contributed by atoms with E-state index in [2.05, 4.69) is 5.32 Å². The average Bonchev–Trinajstić information content (AvgIpc) is 2.56. The van der Waals surface area contributed by atoms with Crippen molar-refractivity contribution in [2.24, 2.45) is 0 Å². The minimum Gasteiger partial charge on any atom is -0.493 e. The zero-order chi connectivity index (χ0) is 17.5. The van der Waals surface area contributed by atoms with Crippen LogP contribution in [0.1, 0.15) is 11.1 Å². The lowest BCUT2D eigenvalue weighted by Gasteiger charge is -2.13. The molecule has 0 aromatic heterocycles. The van der Waals surface area contributed by atoms with Crippen molar-refractivity contribution in [1.82, 2.24) is 0 Å². The SMILES string of the molecule is COc1cc(C)c(NC(=O)CSCc2cccc(Cl)c2)cc1OC. The normalized spacial score (nSPS) is 10.3. The van der Waals surface area contributed by atoms with Gasteiger partial charge in [0.25, 0.3) is 0 Å². The summed E-state index contributed by atoms with van der Waals surface area (Å²) in [4.78, 5) is 12.1. The number of hydrogen-bond acceptors (Lipinski definition) is 4. The van der Waals surface area contributed by atoms with Crippen molar-refractivity contribution in [3.8, 4) is 11.5 Å². The van der Waals surface area contributed by atoms with Crippen molar-refractivity contribution < 1.29 is 14.3 Å². The smallest absolute Gasteiger partial charge is 0.234 e. The molecular formula is C18H20ClNO3S. The van der Waals surface area contributed by atoms with Crippen molar-refractivity contribution in [2.45, 2.75) is 12.7 Å². The number of methoxy groups -OCH3 is 2. The maximum Gasteiger partial charge on any atom is 0.234 e. The van der Waals surface area contributed by atoms with E-state index in [4.69, 9.17) is 21.1 Å². The number of benzene rings is 2. The summed E-state index contributed by atoms with van der Waals surface area (Å²) in [5, 5.41) is 3.62.